The smallest absolute Gasteiger partial charge is 0.253 e. The Hall–Kier alpha value is -1.60. The second-order valence-corrected chi connectivity index (χ2v) is 9.32. The van der Waals surface area contributed by atoms with E-state index in [9.17, 15) is 13.2 Å². The summed E-state index contributed by atoms with van der Waals surface area (Å²) >= 11 is 0. The minimum Gasteiger partial charge on any atom is -0.336 e. The van der Waals surface area contributed by atoms with Gasteiger partial charge in [0, 0.05) is 44.8 Å². The second-order valence-electron chi connectivity index (χ2n) is 7.42. The fourth-order valence-electron chi connectivity index (χ4n) is 3.68. The zero-order chi connectivity index (χ0) is 18.2. The van der Waals surface area contributed by atoms with E-state index in [1.165, 1.54) is 10.6 Å². The Morgan fingerprint density at radius 3 is 2.40 bits per heavy atom. The van der Waals surface area contributed by atoms with Crippen LogP contribution in [0.25, 0.3) is 0 Å². The minimum atomic E-state index is -3.25. The number of anilines is 1. The Morgan fingerprint density at radius 2 is 1.80 bits per heavy atom. The van der Waals surface area contributed by atoms with Gasteiger partial charge in [-0.2, -0.15) is 0 Å². The summed E-state index contributed by atoms with van der Waals surface area (Å²) < 4.78 is 25.0. The number of hydrogen-bond donors (Lipinski definition) is 0. The van der Waals surface area contributed by atoms with Crippen molar-refractivity contribution in [3.8, 4) is 0 Å². The predicted octanol–water partition coefficient (Wildman–Crippen LogP) is 1.42. The van der Waals surface area contributed by atoms with Crippen molar-refractivity contribution >= 4 is 21.6 Å². The molecule has 0 aromatic heterocycles. The van der Waals surface area contributed by atoms with Crippen LogP contribution in [0.5, 0.6) is 0 Å². The van der Waals surface area contributed by atoms with Gasteiger partial charge in [-0.05, 0) is 36.1 Å². The summed E-state index contributed by atoms with van der Waals surface area (Å²) in [5, 5.41) is 0. The topological polar surface area (TPSA) is 60.9 Å². The lowest BCUT2D eigenvalue weighted by molar-refractivity contribution is 0.0623. The lowest BCUT2D eigenvalue weighted by atomic mass is 10.1. The number of carbonyl (C=O) groups is 1. The monoisotopic (exact) mass is 365 g/mol. The van der Waals surface area contributed by atoms with Gasteiger partial charge in [-0.25, -0.2) is 8.42 Å². The highest BCUT2D eigenvalue weighted by Crippen LogP contribution is 2.31. The number of fused-ring (bicyclic) bond motifs is 1. The van der Waals surface area contributed by atoms with E-state index in [4.69, 9.17) is 0 Å². The maximum absolute atomic E-state index is 12.8. The molecule has 1 saturated heterocycles. The van der Waals surface area contributed by atoms with Crippen LogP contribution >= 0.6 is 0 Å². The van der Waals surface area contributed by atoms with Gasteiger partial charge in [0.05, 0.1) is 11.9 Å². The van der Waals surface area contributed by atoms with Crippen molar-refractivity contribution in [2.24, 2.45) is 5.92 Å². The quantitative estimate of drug-likeness (QED) is 0.810. The van der Waals surface area contributed by atoms with Crippen molar-refractivity contribution in [2.75, 3.05) is 49.8 Å². The van der Waals surface area contributed by atoms with Crippen molar-refractivity contribution in [3.63, 3.8) is 0 Å². The molecule has 0 spiro atoms. The van der Waals surface area contributed by atoms with Gasteiger partial charge in [0.25, 0.3) is 5.91 Å². The average Bonchev–Trinajstić information content (AvgIpc) is 2.97. The SMILES string of the molecule is CC(C)CN1CCN(C(=O)c2ccc3c(c2)CCN3S(C)(=O)=O)CC1. The Kier molecular flexibility index (Phi) is 5.06. The Morgan fingerprint density at radius 1 is 1.12 bits per heavy atom. The van der Waals surface area contributed by atoms with Crippen molar-refractivity contribution < 1.29 is 13.2 Å². The molecule has 0 bridgehead atoms. The lowest BCUT2D eigenvalue weighted by Crippen LogP contribution is -2.49. The summed E-state index contributed by atoms with van der Waals surface area (Å²) in [6.07, 6.45) is 1.88. The molecule has 0 atom stereocenters. The summed E-state index contributed by atoms with van der Waals surface area (Å²) in [6.45, 7) is 9.27. The van der Waals surface area contributed by atoms with Gasteiger partial charge in [-0.15, -0.1) is 0 Å². The molecule has 25 heavy (non-hydrogen) atoms. The molecule has 1 aromatic carbocycles. The van der Waals surface area contributed by atoms with E-state index >= 15 is 0 Å². The molecule has 138 valence electrons. The van der Waals surface area contributed by atoms with Crippen molar-refractivity contribution in [1.82, 2.24) is 9.80 Å². The zero-order valence-electron chi connectivity index (χ0n) is 15.2. The van der Waals surface area contributed by atoms with Gasteiger partial charge < -0.3 is 4.90 Å². The number of rotatable bonds is 4. The molecule has 1 amide bonds. The van der Waals surface area contributed by atoms with Crippen LogP contribution in [-0.4, -0.2) is 69.6 Å². The van der Waals surface area contributed by atoms with E-state index in [0.717, 1.165) is 38.3 Å². The molecule has 1 fully saturated rings. The van der Waals surface area contributed by atoms with Crippen molar-refractivity contribution in [2.45, 2.75) is 20.3 Å². The van der Waals surface area contributed by atoms with Crippen LogP contribution in [0, 0.1) is 5.92 Å². The number of amides is 1. The van der Waals surface area contributed by atoms with E-state index in [0.29, 0.717) is 30.1 Å². The average molecular weight is 365 g/mol. The van der Waals surface area contributed by atoms with Crippen LogP contribution in [0.2, 0.25) is 0 Å². The number of hydrogen-bond acceptors (Lipinski definition) is 4. The van der Waals surface area contributed by atoms with Gasteiger partial charge in [0.2, 0.25) is 10.0 Å². The molecule has 0 N–H and O–H groups in total. The van der Waals surface area contributed by atoms with Gasteiger partial charge in [-0.3, -0.25) is 14.0 Å². The van der Waals surface area contributed by atoms with E-state index in [-0.39, 0.29) is 5.91 Å². The maximum atomic E-state index is 12.8. The molecule has 2 heterocycles. The Balaban J connectivity index is 1.69. The van der Waals surface area contributed by atoms with E-state index < -0.39 is 10.0 Å². The number of benzene rings is 1. The van der Waals surface area contributed by atoms with E-state index in [2.05, 4.69) is 18.7 Å². The molecule has 0 saturated carbocycles. The maximum Gasteiger partial charge on any atom is 0.253 e. The fraction of sp³-hybridized carbons (Fsp3) is 0.611. The molecule has 0 aliphatic carbocycles. The van der Waals surface area contributed by atoms with Crippen LogP contribution in [0.3, 0.4) is 0 Å². The van der Waals surface area contributed by atoms with Gasteiger partial charge in [0.15, 0.2) is 0 Å². The highest BCUT2D eigenvalue weighted by atomic mass is 32.2. The third-order valence-corrected chi connectivity index (χ3v) is 6.04. The molecule has 3 rings (SSSR count). The lowest BCUT2D eigenvalue weighted by Gasteiger charge is -2.35. The number of sulfonamides is 1. The summed E-state index contributed by atoms with van der Waals surface area (Å²) in [4.78, 5) is 17.1. The molecular weight excluding hydrogens is 338 g/mol. The first-order valence-corrected chi connectivity index (χ1v) is 10.7. The summed E-state index contributed by atoms with van der Waals surface area (Å²) in [5.41, 5.74) is 2.31. The van der Waals surface area contributed by atoms with Crippen LogP contribution < -0.4 is 4.31 Å². The van der Waals surface area contributed by atoms with Crippen LogP contribution in [0.1, 0.15) is 29.8 Å². The van der Waals surface area contributed by atoms with Crippen LogP contribution in [0.15, 0.2) is 18.2 Å². The highest BCUT2D eigenvalue weighted by molar-refractivity contribution is 7.92. The number of carbonyl (C=O) groups excluding carboxylic acids is 1. The van der Waals surface area contributed by atoms with Crippen LogP contribution in [-0.2, 0) is 16.4 Å². The van der Waals surface area contributed by atoms with Gasteiger partial charge in [0.1, 0.15) is 0 Å². The third-order valence-electron chi connectivity index (χ3n) is 4.86. The summed E-state index contributed by atoms with van der Waals surface area (Å²) in [5.74, 6) is 0.682. The fourth-order valence-corrected chi connectivity index (χ4v) is 4.64. The standard InChI is InChI=1S/C18H27N3O3S/c1-14(2)13-19-8-10-20(11-9-19)18(22)16-4-5-17-15(12-16)6-7-21(17)25(3,23)24/h4-5,12,14H,6-11,13H2,1-3H3. The Bertz CT molecular complexity index is 753. The third kappa shape index (κ3) is 3.98. The Labute approximate surface area is 150 Å². The second kappa shape index (κ2) is 6.96. The number of nitrogens with zero attached hydrogens (tertiary/aromatic N) is 3. The summed E-state index contributed by atoms with van der Waals surface area (Å²) in [6, 6.07) is 5.39. The molecule has 0 unspecified atom stereocenters. The molecule has 2 aliphatic rings. The first kappa shape index (κ1) is 18.2. The normalized spacial score (nSPS) is 18.7. The minimum absolute atomic E-state index is 0.0461. The molecule has 1 aromatic rings. The van der Waals surface area contributed by atoms with Gasteiger partial charge >= 0.3 is 0 Å². The first-order valence-electron chi connectivity index (χ1n) is 8.88. The highest BCUT2D eigenvalue weighted by Gasteiger charge is 2.28. The zero-order valence-corrected chi connectivity index (χ0v) is 16.1. The summed E-state index contributed by atoms with van der Waals surface area (Å²) in [7, 11) is -3.25. The molecule has 2 aliphatic heterocycles. The van der Waals surface area contributed by atoms with Crippen molar-refractivity contribution in [3.05, 3.63) is 29.3 Å². The largest absolute Gasteiger partial charge is 0.336 e. The molecule has 6 nitrogen and oxygen atoms in total. The number of piperazine rings is 1. The molecular formula is C18H27N3O3S. The van der Waals surface area contributed by atoms with Crippen LogP contribution in [0.4, 0.5) is 5.69 Å². The molecule has 7 heteroatoms. The predicted molar refractivity (Wildman–Crippen MR) is 99.5 cm³/mol. The van der Waals surface area contributed by atoms with E-state index in [1.807, 2.05) is 11.0 Å². The van der Waals surface area contributed by atoms with Crippen molar-refractivity contribution in [1.29, 1.82) is 0 Å². The van der Waals surface area contributed by atoms with Gasteiger partial charge in [-0.1, -0.05) is 13.8 Å². The van der Waals surface area contributed by atoms with E-state index in [1.54, 1.807) is 12.1 Å². The first-order chi connectivity index (χ1) is 11.8. The molecule has 0 radical (unpaired) electrons.